The Morgan fingerprint density at radius 2 is 1.00 bits per heavy atom. The van der Waals surface area contributed by atoms with Crippen molar-refractivity contribution in [2.24, 2.45) is 10.8 Å². The van der Waals surface area contributed by atoms with E-state index in [1.165, 1.54) is 27.9 Å². The highest BCUT2D eigenvalue weighted by molar-refractivity contribution is 5.79. The molecular formula is C38H59NO20. The lowest BCUT2D eigenvalue weighted by Crippen LogP contribution is -2.49. The van der Waals surface area contributed by atoms with Crippen LogP contribution in [0.5, 0.6) is 0 Å². The molecule has 0 radical (unpaired) electrons. The number of carbonyl (C=O) groups is 4. The Labute approximate surface area is 342 Å². The van der Waals surface area contributed by atoms with E-state index in [9.17, 15) is 24.3 Å². The quantitative estimate of drug-likeness (QED) is 0.205. The van der Waals surface area contributed by atoms with Crippen LogP contribution in [-0.4, -0.2) is 172 Å². The van der Waals surface area contributed by atoms with Gasteiger partial charge < -0.3 is 81.1 Å². The SMILES string of the molecule is CN(C)C(=O)OCC(C)(COC(=O)OCC(C)(CO)C(=O)O[C@@H]1[C@H]2OC(C)(C)O[C@H]2O[C@@H]1C1COC(C)(C)O1)C(=O)O[C@@H]1[C@H]2OC(C)(C)O[C@H]2O[C@@H]1C1COC(C)(C)O1. The van der Waals surface area contributed by atoms with Crippen molar-refractivity contribution in [1.29, 1.82) is 0 Å². The summed E-state index contributed by atoms with van der Waals surface area (Å²) >= 11 is 0. The van der Waals surface area contributed by atoms with Gasteiger partial charge in [-0.25, -0.2) is 9.59 Å². The summed E-state index contributed by atoms with van der Waals surface area (Å²) in [6.07, 6.45) is -10.8. The highest BCUT2D eigenvalue weighted by Crippen LogP contribution is 2.44. The Balaban J connectivity index is 1.11. The summed E-state index contributed by atoms with van der Waals surface area (Å²) < 4.78 is 87.6. The monoisotopic (exact) mass is 849 g/mol. The first-order chi connectivity index (χ1) is 27.2. The molecule has 6 aliphatic heterocycles. The standard InChI is InChI=1S/C38H59NO20/c1-33(2)48-13-19(54-33)21-23(25-27(50-21)58-35(5,6)56-25)52-29(41)37(9,15-40)16-46-32(44)47-18-38(10,17-45-31(43)39(11)12)30(42)53-24-22(20-14-49-34(3,4)55-20)51-28-26(24)57-36(7,8)59-28/h19-28,40H,13-18H2,1-12H3/t19?,20?,21-,22-,23+,24+,25-,26-,27-,28-,37?,38?/m1/s1. The van der Waals surface area contributed by atoms with Crippen molar-refractivity contribution >= 4 is 24.2 Å². The van der Waals surface area contributed by atoms with Crippen LogP contribution in [0.2, 0.25) is 0 Å². The second-order valence-corrected chi connectivity index (χ2v) is 18.2. The summed E-state index contributed by atoms with van der Waals surface area (Å²) in [7, 11) is 2.90. The molecule has 0 saturated carbocycles. The fourth-order valence-corrected chi connectivity index (χ4v) is 7.32. The molecule has 59 heavy (non-hydrogen) atoms. The highest BCUT2D eigenvalue weighted by atomic mass is 16.9. The Bertz CT molecular complexity index is 1590. The minimum absolute atomic E-state index is 0.125. The maximum Gasteiger partial charge on any atom is 0.508 e. The van der Waals surface area contributed by atoms with Crippen molar-refractivity contribution in [3.63, 3.8) is 0 Å². The van der Waals surface area contributed by atoms with Crippen molar-refractivity contribution < 1.29 is 95.3 Å². The van der Waals surface area contributed by atoms with Crippen molar-refractivity contribution in [3.8, 4) is 0 Å². The van der Waals surface area contributed by atoms with Crippen LogP contribution in [0, 0.1) is 10.8 Å². The number of nitrogens with zero attached hydrogens (tertiary/aromatic N) is 1. The maximum atomic E-state index is 14.1. The van der Waals surface area contributed by atoms with Gasteiger partial charge in [0.1, 0.15) is 55.1 Å². The van der Waals surface area contributed by atoms with Gasteiger partial charge in [0, 0.05) is 14.1 Å². The molecular weight excluding hydrogens is 790 g/mol. The normalized spacial score (nSPS) is 36.8. The molecule has 6 aliphatic rings. The zero-order valence-corrected chi connectivity index (χ0v) is 35.7. The molecule has 4 unspecified atom stereocenters. The largest absolute Gasteiger partial charge is 0.508 e. The first-order valence-corrected chi connectivity index (χ1v) is 19.6. The van der Waals surface area contributed by atoms with E-state index in [4.69, 9.17) is 71.1 Å². The number of amides is 1. The summed E-state index contributed by atoms with van der Waals surface area (Å²) in [5.74, 6) is -5.85. The first-order valence-electron chi connectivity index (χ1n) is 19.6. The second kappa shape index (κ2) is 16.4. The molecule has 12 atom stereocenters. The number of aliphatic hydroxyl groups is 1. The molecule has 6 saturated heterocycles. The average molecular weight is 850 g/mol. The van der Waals surface area contributed by atoms with E-state index in [0.717, 1.165) is 4.90 Å². The van der Waals surface area contributed by atoms with Crippen LogP contribution in [0.25, 0.3) is 0 Å². The Morgan fingerprint density at radius 1 is 0.593 bits per heavy atom. The molecule has 0 aliphatic carbocycles. The summed E-state index contributed by atoms with van der Waals surface area (Å²) in [4.78, 5) is 54.6. The van der Waals surface area contributed by atoms with Crippen LogP contribution in [0.4, 0.5) is 9.59 Å². The topological polar surface area (TPSA) is 230 Å². The molecule has 0 aromatic heterocycles. The van der Waals surface area contributed by atoms with Gasteiger partial charge >= 0.3 is 24.2 Å². The third-order valence-electron chi connectivity index (χ3n) is 10.6. The molecule has 0 aromatic carbocycles. The van der Waals surface area contributed by atoms with Gasteiger partial charge in [-0.2, -0.15) is 0 Å². The zero-order valence-electron chi connectivity index (χ0n) is 35.7. The van der Waals surface area contributed by atoms with Crippen LogP contribution in [-0.2, 0) is 80.6 Å². The van der Waals surface area contributed by atoms with Crippen LogP contribution in [0.15, 0.2) is 0 Å². The number of rotatable bonds is 13. The Kier molecular flexibility index (Phi) is 12.7. The van der Waals surface area contributed by atoms with Crippen molar-refractivity contribution in [2.75, 3.05) is 53.7 Å². The third kappa shape index (κ3) is 10.1. The number of fused-ring (bicyclic) bond motifs is 2. The molecule has 6 heterocycles. The Hall–Kier alpha value is -2.96. The van der Waals surface area contributed by atoms with E-state index in [1.807, 2.05) is 0 Å². The number of esters is 2. The van der Waals surface area contributed by atoms with Gasteiger partial charge in [-0.05, 0) is 69.2 Å². The van der Waals surface area contributed by atoms with Gasteiger partial charge in [0.2, 0.25) is 0 Å². The average Bonchev–Trinajstić information content (AvgIpc) is 3.97. The smallest absolute Gasteiger partial charge is 0.456 e. The molecule has 336 valence electrons. The molecule has 1 N–H and O–H groups in total. The van der Waals surface area contributed by atoms with E-state index >= 15 is 0 Å². The highest BCUT2D eigenvalue weighted by Gasteiger charge is 2.62. The van der Waals surface area contributed by atoms with Gasteiger partial charge in [0.25, 0.3) is 0 Å². The van der Waals surface area contributed by atoms with E-state index in [2.05, 4.69) is 0 Å². The van der Waals surface area contributed by atoms with Crippen LogP contribution in [0.1, 0.15) is 69.2 Å². The van der Waals surface area contributed by atoms with Gasteiger partial charge in [-0.3, -0.25) is 9.59 Å². The van der Waals surface area contributed by atoms with Gasteiger partial charge in [-0.15, -0.1) is 0 Å². The zero-order chi connectivity index (χ0) is 43.5. The minimum Gasteiger partial charge on any atom is -0.456 e. The summed E-state index contributed by atoms with van der Waals surface area (Å²) in [5, 5.41) is 10.4. The molecule has 0 spiro atoms. The summed E-state index contributed by atoms with van der Waals surface area (Å²) in [6, 6.07) is 0. The number of aliphatic hydroxyl groups excluding tert-OH is 1. The molecule has 0 aromatic rings. The van der Waals surface area contributed by atoms with E-state index in [0.29, 0.717) is 0 Å². The lowest BCUT2D eigenvalue weighted by atomic mass is 9.92. The minimum atomic E-state index is -1.82. The molecule has 0 bridgehead atoms. The van der Waals surface area contributed by atoms with E-state index in [1.54, 1.807) is 55.4 Å². The number of ether oxygens (including phenoxy) is 15. The predicted octanol–water partition coefficient (Wildman–Crippen LogP) is 1.72. The van der Waals surface area contributed by atoms with Crippen molar-refractivity contribution in [1.82, 2.24) is 4.90 Å². The molecule has 21 nitrogen and oxygen atoms in total. The molecule has 1 amide bonds. The predicted molar refractivity (Wildman–Crippen MR) is 193 cm³/mol. The number of carbonyl (C=O) groups excluding carboxylic acids is 4. The maximum absolute atomic E-state index is 14.1. The second-order valence-electron chi connectivity index (χ2n) is 18.2. The van der Waals surface area contributed by atoms with Crippen LogP contribution in [0.3, 0.4) is 0 Å². The van der Waals surface area contributed by atoms with Gasteiger partial charge in [0.05, 0.1) is 19.8 Å². The lowest BCUT2D eigenvalue weighted by molar-refractivity contribution is -0.237. The van der Waals surface area contributed by atoms with E-state index < -0.39 is 146 Å². The first kappa shape index (κ1) is 45.6. The van der Waals surface area contributed by atoms with Crippen molar-refractivity contribution in [2.45, 2.75) is 154 Å². The van der Waals surface area contributed by atoms with Gasteiger partial charge in [-0.1, -0.05) is 0 Å². The number of hydrogen-bond donors (Lipinski definition) is 1. The Morgan fingerprint density at radius 3 is 1.39 bits per heavy atom. The lowest BCUT2D eigenvalue weighted by Gasteiger charge is -2.33. The fraction of sp³-hybridized carbons (Fsp3) is 0.895. The molecule has 6 fully saturated rings. The fourth-order valence-electron chi connectivity index (χ4n) is 7.32. The van der Waals surface area contributed by atoms with E-state index in [-0.39, 0.29) is 13.2 Å². The van der Waals surface area contributed by atoms with Crippen molar-refractivity contribution in [3.05, 3.63) is 0 Å². The third-order valence-corrected chi connectivity index (χ3v) is 10.6. The number of hydrogen-bond acceptors (Lipinski definition) is 20. The molecule has 21 heteroatoms. The van der Waals surface area contributed by atoms with Crippen LogP contribution >= 0.6 is 0 Å². The molecule has 6 rings (SSSR count). The summed E-state index contributed by atoms with van der Waals surface area (Å²) in [6.45, 7) is 13.8. The van der Waals surface area contributed by atoms with Crippen LogP contribution < -0.4 is 0 Å². The van der Waals surface area contributed by atoms with Gasteiger partial charge in [0.15, 0.2) is 60.1 Å². The summed E-state index contributed by atoms with van der Waals surface area (Å²) in [5.41, 5.74) is -3.63.